The Morgan fingerprint density at radius 1 is 1.10 bits per heavy atom. The Morgan fingerprint density at radius 2 is 1.77 bits per heavy atom. The molecule has 0 fully saturated rings. The minimum Gasteiger partial charge on any atom is -0.354 e. The average molecular weight is 461 g/mol. The summed E-state index contributed by atoms with van der Waals surface area (Å²) in [5.74, 6) is 0.923. The van der Waals surface area contributed by atoms with Crippen LogP contribution in [-0.4, -0.2) is 35.1 Å². The van der Waals surface area contributed by atoms with Gasteiger partial charge >= 0.3 is 0 Å². The fourth-order valence-corrected chi connectivity index (χ4v) is 4.21. The number of hydrogen-bond donors (Lipinski definition) is 1. The molecule has 0 spiro atoms. The van der Waals surface area contributed by atoms with E-state index in [2.05, 4.69) is 19.2 Å². The van der Waals surface area contributed by atoms with Gasteiger partial charge in [0, 0.05) is 35.2 Å². The van der Waals surface area contributed by atoms with Gasteiger partial charge in [-0.2, -0.15) is 0 Å². The molecule has 2 aromatic carbocycles. The van der Waals surface area contributed by atoms with Crippen molar-refractivity contribution in [3.05, 3.63) is 64.7 Å². The number of benzene rings is 2. The lowest BCUT2D eigenvalue weighted by Crippen LogP contribution is -2.49. The molecular formula is C25H33ClN2O2S. The van der Waals surface area contributed by atoms with Gasteiger partial charge in [0.05, 0.1) is 0 Å². The van der Waals surface area contributed by atoms with Crippen LogP contribution in [-0.2, 0) is 16.1 Å². The monoisotopic (exact) mass is 460 g/mol. The van der Waals surface area contributed by atoms with Crippen molar-refractivity contribution in [3.63, 3.8) is 0 Å². The van der Waals surface area contributed by atoms with Crippen molar-refractivity contribution in [3.8, 4) is 0 Å². The summed E-state index contributed by atoms with van der Waals surface area (Å²) in [6, 6.07) is 15.1. The molecule has 6 heteroatoms. The average Bonchev–Trinajstić information content (AvgIpc) is 2.74. The van der Waals surface area contributed by atoms with Crippen molar-refractivity contribution in [2.75, 3.05) is 12.3 Å². The Balaban J connectivity index is 2.12. The number of hydrogen-bond acceptors (Lipinski definition) is 3. The summed E-state index contributed by atoms with van der Waals surface area (Å²) < 4.78 is 0. The molecule has 0 aliphatic heterocycles. The molecule has 0 bridgehead atoms. The van der Waals surface area contributed by atoms with E-state index in [0.29, 0.717) is 42.6 Å². The Morgan fingerprint density at radius 3 is 2.39 bits per heavy atom. The molecule has 2 aromatic rings. The van der Waals surface area contributed by atoms with Crippen LogP contribution in [0.15, 0.2) is 53.4 Å². The number of nitrogens with one attached hydrogen (secondary N) is 1. The smallest absolute Gasteiger partial charge is 0.242 e. The normalized spacial score (nSPS) is 11.9. The van der Waals surface area contributed by atoms with Crippen LogP contribution in [0.25, 0.3) is 0 Å². The Bertz CT molecular complexity index is 855. The Hall–Kier alpha value is -1.98. The number of amides is 2. The first kappa shape index (κ1) is 25.3. The summed E-state index contributed by atoms with van der Waals surface area (Å²) in [4.78, 5) is 29.0. The van der Waals surface area contributed by atoms with Gasteiger partial charge in [-0.25, -0.2) is 0 Å². The minimum absolute atomic E-state index is 0.00346. The third kappa shape index (κ3) is 8.23. The van der Waals surface area contributed by atoms with Gasteiger partial charge in [-0.3, -0.25) is 9.59 Å². The summed E-state index contributed by atoms with van der Waals surface area (Å²) in [6.45, 7) is 9.16. The van der Waals surface area contributed by atoms with E-state index in [1.807, 2.05) is 62.4 Å². The molecule has 0 aromatic heterocycles. The highest BCUT2D eigenvalue weighted by atomic mass is 35.5. The highest BCUT2D eigenvalue weighted by Crippen LogP contribution is 2.22. The van der Waals surface area contributed by atoms with Gasteiger partial charge in [-0.1, -0.05) is 56.6 Å². The van der Waals surface area contributed by atoms with Crippen LogP contribution in [0.3, 0.4) is 0 Å². The van der Waals surface area contributed by atoms with Crippen LogP contribution in [0.5, 0.6) is 0 Å². The standard InChI is InChI=1S/C25H33ClN2O2S/c1-5-23(25(30)27-16-18(2)3)28(17-20-9-7-6-8-19(20)4)24(29)14-15-31-22-12-10-21(26)11-13-22/h6-13,18,23H,5,14-17H2,1-4H3,(H,27,30)/t23-/m1/s1. The number of carbonyl (C=O) groups is 2. The first-order chi connectivity index (χ1) is 14.8. The molecule has 0 saturated heterocycles. The second kappa shape index (κ2) is 12.8. The Kier molecular flexibility index (Phi) is 10.4. The summed E-state index contributed by atoms with van der Waals surface area (Å²) in [7, 11) is 0. The van der Waals surface area contributed by atoms with Crippen molar-refractivity contribution >= 4 is 35.2 Å². The van der Waals surface area contributed by atoms with Gasteiger partial charge < -0.3 is 10.2 Å². The summed E-state index contributed by atoms with van der Waals surface area (Å²) in [5, 5.41) is 3.70. The molecule has 0 radical (unpaired) electrons. The second-order valence-electron chi connectivity index (χ2n) is 8.06. The second-order valence-corrected chi connectivity index (χ2v) is 9.67. The molecule has 0 heterocycles. The van der Waals surface area contributed by atoms with Gasteiger partial charge in [0.15, 0.2) is 0 Å². The zero-order valence-corrected chi connectivity index (χ0v) is 20.4. The van der Waals surface area contributed by atoms with E-state index in [-0.39, 0.29) is 11.8 Å². The topological polar surface area (TPSA) is 49.4 Å². The molecule has 4 nitrogen and oxygen atoms in total. The van der Waals surface area contributed by atoms with Crippen molar-refractivity contribution < 1.29 is 9.59 Å². The summed E-state index contributed by atoms with van der Waals surface area (Å²) >= 11 is 7.56. The molecule has 1 N–H and O–H groups in total. The maximum atomic E-state index is 13.3. The quantitative estimate of drug-likeness (QED) is 0.437. The van der Waals surface area contributed by atoms with Gasteiger partial charge in [-0.15, -0.1) is 11.8 Å². The number of nitrogens with zero attached hydrogens (tertiary/aromatic N) is 1. The SMILES string of the molecule is CC[C@H](C(=O)NCC(C)C)N(Cc1ccccc1C)C(=O)CCSc1ccc(Cl)cc1. The minimum atomic E-state index is -0.480. The highest BCUT2D eigenvalue weighted by Gasteiger charge is 2.28. The predicted octanol–water partition coefficient (Wildman–Crippen LogP) is 5.71. The van der Waals surface area contributed by atoms with Gasteiger partial charge in [0.2, 0.25) is 11.8 Å². The van der Waals surface area contributed by atoms with Crippen molar-refractivity contribution in [1.82, 2.24) is 10.2 Å². The van der Waals surface area contributed by atoms with Gasteiger partial charge in [0.1, 0.15) is 6.04 Å². The van der Waals surface area contributed by atoms with Crippen LogP contribution in [0.1, 0.15) is 44.7 Å². The van der Waals surface area contributed by atoms with Crippen LogP contribution < -0.4 is 5.32 Å². The molecule has 2 rings (SSSR count). The third-order valence-corrected chi connectivity index (χ3v) is 6.34. The lowest BCUT2D eigenvalue weighted by Gasteiger charge is -2.31. The molecule has 1 atom stereocenters. The highest BCUT2D eigenvalue weighted by molar-refractivity contribution is 7.99. The number of carbonyl (C=O) groups excluding carboxylic acids is 2. The third-order valence-electron chi connectivity index (χ3n) is 5.07. The van der Waals surface area contributed by atoms with Gasteiger partial charge in [-0.05, 0) is 54.7 Å². The molecule has 0 aliphatic rings. The zero-order chi connectivity index (χ0) is 22.8. The van der Waals surface area contributed by atoms with E-state index in [9.17, 15) is 9.59 Å². The molecule has 0 aliphatic carbocycles. The lowest BCUT2D eigenvalue weighted by molar-refractivity contribution is -0.141. The fourth-order valence-electron chi connectivity index (χ4n) is 3.24. The fraction of sp³-hybridized carbons (Fsp3) is 0.440. The number of aryl methyl sites for hydroxylation is 1. The van der Waals surface area contributed by atoms with E-state index < -0.39 is 6.04 Å². The van der Waals surface area contributed by atoms with E-state index >= 15 is 0 Å². The molecule has 168 valence electrons. The van der Waals surface area contributed by atoms with Gasteiger partial charge in [0.25, 0.3) is 0 Å². The number of halogens is 1. The number of rotatable bonds is 11. The van der Waals surface area contributed by atoms with Crippen molar-refractivity contribution in [2.45, 2.75) is 58.0 Å². The first-order valence-electron chi connectivity index (χ1n) is 10.8. The van der Waals surface area contributed by atoms with Crippen LogP contribution in [0, 0.1) is 12.8 Å². The van der Waals surface area contributed by atoms with Crippen LogP contribution in [0.2, 0.25) is 5.02 Å². The van der Waals surface area contributed by atoms with E-state index in [1.165, 1.54) is 0 Å². The van der Waals surface area contributed by atoms with Crippen LogP contribution in [0.4, 0.5) is 0 Å². The first-order valence-corrected chi connectivity index (χ1v) is 12.2. The largest absolute Gasteiger partial charge is 0.354 e. The summed E-state index contributed by atoms with van der Waals surface area (Å²) in [5.41, 5.74) is 2.18. The molecular weight excluding hydrogens is 428 g/mol. The van der Waals surface area contributed by atoms with Crippen molar-refractivity contribution in [1.29, 1.82) is 0 Å². The lowest BCUT2D eigenvalue weighted by atomic mass is 10.1. The van der Waals surface area contributed by atoms with E-state index in [0.717, 1.165) is 16.0 Å². The Labute approximate surface area is 195 Å². The molecule has 0 unspecified atom stereocenters. The maximum absolute atomic E-state index is 13.3. The number of thioether (sulfide) groups is 1. The summed E-state index contributed by atoms with van der Waals surface area (Å²) in [6.07, 6.45) is 0.943. The molecule has 31 heavy (non-hydrogen) atoms. The van der Waals surface area contributed by atoms with Crippen molar-refractivity contribution in [2.24, 2.45) is 5.92 Å². The predicted molar refractivity (Wildman–Crippen MR) is 130 cm³/mol. The maximum Gasteiger partial charge on any atom is 0.242 e. The van der Waals surface area contributed by atoms with Crippen LogP contribution >= 0.6 is 23.4 Å². The van der Waals surface area contributed by atoms with E-state index in [4.69, 9.17) is 11.6 Å². The zero-order valence-electron chi connectivity index (χ0n) is 18.9. The molecule has 2 amide bonds. The van der Waals surface area contributed by atoms with E-state index in [1.54, 1.807) is 16.7 Å². The molecule has 0 saturated carbocycles.